The summed E-state index contributed by atoms with van der Waals surface area (Å²) in [6.45, 7) is 5.15. The molecule has 4 atom stereocenters. The molecule has 0 unspecified atom stereocenters. The van der Waals surface area contributed by atoms with E-state index >= 15 is 0 Å². The highest BCUT2D eigenvalue weighted by Gasteiger charge is 2.52. The first kappa shape index (κ1) is 19.9. The lowest BCUT2D eigenvalue weighted by atomic mass is 9.71. The molecular formula is C21H32N6O3. The number of hydrogen-bond acceptors (Lipinski definition) is 6. The monoisotopic (exact) mass is 416 g/mol. The largest absolute Gasteiger partial charge is 0.380 e. The molecule has 4 saturated heterocycles. The van der Waals surface area contributed by atoms with Gasteiger partial charge in [0.15, 0.2) is 0 Å². The van der Waals surface area contributed by atoms with Gasteiger partial charge in [-0.1, -0.05) is 0 Å². The van der Waals surface area contributed by atoms with Gasteiger partial charge in [0, 0.05) is 58.2 Å². The van der Waals surface area contributed by atoms with E-state index in [-0.39, 0.29) is 29.8 Å². The summed E-state index contributed by atoms with van der Waals surface area (Å²) in [6.07, 6.45) is 6.14. The quantitative estimate of drug-likeness (QED) is 0.703. The van der Waals surface area contributed by atoms with Gasteiger partial charge in [-0.15, -0.1) is 10.2 Å². The van der Waals surface area contributed by atoms with Gasteiger partial charge in [0.05, 0.1) is 13.2 Å². The van der Waals surface area contributed by atoms with E-state index in [0.29, 0.717) is 32.1 Å². The molecule has 0 saturated carbocycles. The molecule has 4 fully saturated rings. The van der Waals surface area contributed by atoms with Crippen LogP contribution in [-0.4, -0.2) is 92.8 Å². The van der Waals surface area contributed by atoms with E-state index in [2.05, 4.69) is 15.1 Å². The van der Waals surface area contributed by atoms with Crippen molar-refractivity contribution in [2.24, 2.45) is 18.9 Å². The minimum atomic E-state index is -0.334. The molecule has 0 radical (unpaired) electrons. The Morgan fingerprint density at radius 2 is 2.07 bits per heavy atom. The van der Waals surface area contributed by atoms with Crippen LogP contribution in [0.2, 0.25) is 0 Å². The van der Waals surface area contributed by atoms with Gasteiger partial charge in [0.2, 0.25) is 11.8 Å². The first-order chi connectivity index (χ1) is 14.6. The van der Waals surface area contributed by atoms with Crippen LogP contribution in [0.3, 0.4) is 0 Å². The van der Waals surface area contributed by atoms with Gasteiger partial charge in [-0.05, 0) is 31.6 Å². The lowest BCUT2D eigenvalue weighted by Crippen LogP contribution is -2.68. The maximum atomic E-state index is 13.7. The molecule has 0 N–H and O–H groups in total. The molecule has 4 aliphatic rings. The van der Waals surface area contributed by atoms with Crippen LogP contribution in [-0.2, 0) is 27.9 Å². The van der Waals surface area contributed by atoms with Crippen LogP contribution >= 0.6 is 0 Å². The summed E-state index contributed by atoms with van der Waals surface area (Å²) in [4.78, 5) is 33.1. The number of nitrogens with zero attached hydrogens (tertiary/aromatic N) is 6. The van der Waals surface area contributed by atoms with Crippen molar-refractivity contribution in [2.75, 3.05) is 39.4 Å². The predicted octanol–water partition coefficient (Wildman–Crippen LogP) is 0.265. The second-order valence-corrected chi connectivity index (χ2v) is 9.30. The maximum Gasteiger partial charge on any atom is 0.245 e. The number of carbonyl (C=O) groups is 2. The van der Waals surface area contributed by atoms with Crippen molar-refractivity contribution in [1.29, 1.82) is 0 Å². The summed E-state index contributed by atoms with van der Waals surface area (Å²) in [5, 5.41) is 8.26. The standard InChI is InChI=1S/C21H32N6O3/c1-24-14-22-23-18(24)13-25-11-15-10-16(12-25)20(27-17(15)4-2-5-19(27)28)21(29)26-6-3-8-30-9-7-26/h14-17,20H,2-13H2,1H3/t15-,16+,17-,20+/m0/s1. The summed E-state index contributed by atoms with van der Waals surface area (Å²) in [5.74, 6) is 1.85. The van der Waals surface area contributed by atoms with Gasteiger partial charge < -0.3 is 19.1 Å². The molecule has 2 bridgehead atoms. The lowest BCUT2D eigenvalue weighted by Gasteiger charge is -2.56. The average molecular weight is 417 g/mol. The summed E-state index contributed by atoms with van der Waals surface area (Å²) in [7, 11) is 1.97. The van der Waals surface area contributed by atoms with Crippen LogP contribution in [0.15, 0.2) is 6.33 Å². The molecule has 5 rings (SSSR count). The molecule has 1 aromatic heterocycles. The Bertz CT molecular complexity index is 789. The third kappa shape index (κ3) is 3.62. The summed E-state index contributed by atoms with van der Waals surface area (Å²) >= 11 is 0. The van der Waals surface area contributed by atoms with E-state index < -0.39 is 0 Å². The molecule has 2 amide bonds. The second kappa shape index (κ2) is 8.26. The fraction of sp³-hybridized carbons (Fsp3) is 0.810. The average Bonchev–Trinajstić information content (AvgIpc) is 2.97. The Morgan fingerprint density at radius 3 is 2.90 bits per heavy atom. The molecule has 164 valence electrons. The van der Waals surface area contributed by atoms with Crippen molar-refractivity contribution in [1.82, 2.24) is 29.5 Å². The number of ether oxygens (including phenoxy) is 1. The highest BCUT2D eigenvalue weighted by Crippen LogP contribution is 2.42. The fourth-order valence-corrected chi connectivity index (χ4v) is 6.00. The topological polar surface area (TPSA) is 83.8 Å². The molecule has 1 aromatic rings. The van der Waals surface area contributed by atoms with Crippen LogP contribution in [0.5, 0.6) is 0 Å². The molecule has 5 heterocycles. The van der Waals surface area contributed by atoms with Gasteiger partial charge in [-0.3, -0.25) is 14.5 Å². The number of likely N-dealkylation sites (tertiary alicyclic amines) is 1. The van der Waals surface area contributed by atoms with Crippen molar-refractivity contribution in [2.45, 2.75) is 50.7 Å². The van der Waals surface area contributed by atoms with Crippen LogP contribution in [0.4, 0.5) is 0 Å². The third-order valence-electron chi connectivity index (χ3n) is 7.37. The molecule has 0 aliphatic carbocycles. The molecule has 30 heavy (non-hydrogen) atoms. The number of rotatable bonds is 3. The maximum absolute atomic E-state index is 13.7. The Labute approximate surface area is 177 Å². The van der Waals surface area contributed by atoms with E-state index in [1.807, 2.05) is 21.4 Å². The molecule has 4 aliphatic heterocycles. The minimum Gasteiger partial charge on any atom is -0.380 e. The number of carbonyl (C=O) groups excluding carboxylic acids is 2. The molecule has 9 nitrogen and oxygen atoms in total. The molecule has 9 heteroatoms. The molecule has 0 spiro atoms. The van der Waals surface area contributed by atoms with Crippen molar-refractivity contribution in [3.8, 4) is 0 Å². The summed E-state index contributed by atoms with van der Waals surface area (Å²) < 4.78 is 7.52. The number of hydrogen-bond donors (Lipinski definition) is 0. The molecule has 0 aromatic carbocycles. The van der Waals surface area contributed by atoms with Gasteiger partial charge >= 0.3 is 0 Å². The lowest BCUT2D eigenvalue weighted by molar-refractivity contribution is -0.165. The van der Waals surface area contributed by atoms with E-state index in [0.717, 1.165) is 57.7 Å². The smallest absolute Gasteiger partial charge is 0.245 e. The second-order valence-electron chi connectivity index (χ2n) is 9.30. The highest BCUT2D eigenvalue weighted by atomic mass is 16.5. The first-order valence-corrected chi connectivity index (χ1v) is 11.3. The summed E-state index contributed by atoms with van der Waals surface area (Å²) in [6, 6.07) is -0.151. The van der Waals surface area contributed by atoms with Gasteiger partial charge in [-0.25, -0.2) is 0 Å². The van der Waals surface area contributed by atoms with Gasteiger partial charge in [0.1, 0.15) is 18.2 Å². The van der Waals surface area contributed by atoms with Crippen LogP contribution in [0.25, 0.3) is 0 Å². The van der Waals surface area contributed by atoms with Crippen LogP contribution < -0.4 is 0 Å². The van der Waals surface area contributed by atoms with Crippen molar-refractivity contribution in [3.63, 3.8) is 0 Å². The van der Waals surface area contributed by atoms with Crippen LogP contribution in [0, 0.1) is 11.8 Å². The van der Waals surface area contributed by atoms with Gasteiger partial charge in [-0.2, -0.15) is 0 Å². The predicted molar refractivity (Wildman–Crippen MR) is 108 cm³/mol. The van der Waals surface area contributed by atoms with Crippen molar-refractivity contribution in [3.05, 3.63) is 12.2 Å². The SMILES string of the molecule is Cn1cnnc1CN1C[C@@H]2C[C@H](C1)[C@H](C(=O)N1CCCOCC1)N1C(=O)CCC[C@@H]21. The number of piperidine rings is 3. The van der Waals surface area contributed by atoms with Crippen LogP contribution in [0.1, 0.15) is 37.9 Å². The zero-order chi connectivity index (χ0) is 20.7. The zero-order valence-corrected chi connectivity index (χ0v) is 17.8. The Hall–Kier alpha value is -2.00. The van der Waals surface area contributed by atoms with Crippen molar-refractivity contribution < 1.29 is 14.3 Å². The number of amides is 2. The Morgan fingerprint density at radius 1 is 1.20 bits per heavy atom. The number of aromatic nitrogens is 3. The van der Waals surface area contributed by atoms with E-state index in [4.69, 9.17) is 4.74 Å². The van der Waals surface area contributed by atoms with E-state index in [9.17, 15) is 9.59 Å². The number of fused-ring (bicyclic) bond motifs is 4. The Balaban J connectivity index is 1.41. The highest BCUT2D eigenvalue weighted by molar-refractivity contribution is 5.89. The fourth-order valence-electron chi connectivity index (χ4n) is 6.00. The number of aryl methyl sites for hydroxylation is 1. The third-order valence-corrected chi connectivity index (χ3v) is 7.37. The summed E-state index contributed by atoms with van der Waals surface area (Å²) in [5.41, 5.74) is 0. The molecular weight excluding hydrogens is 384 g/mol. The van der Waals surface area contributed by atoms with Gasteiger partial charge in [0.25, 0.3) is 0 Å². The zero-order valence-electron chi connectivity index (χ0n) is 17.8. The first-order valence-electron chi connectivity index (χ1n) is 11.3. The van der Waals surface area contributed by atoms with Crippen molar-refractivity contribution >= 4 is 11.8 Å². The minimum absolute atomic E-state index is 0.129. The Kier molecular flexibility index (Phi) is 5.49. The van der Waals surface area contributed by atoms with E-state index in [1.54, 1.807) is 6.33 Å². The normalized spacial score (nSPS) is 32.6. The van der Waals surface area contributed by atoms with E-state index in [1.165, 1.54) is 0 Å².